The van der Waals surface area contributed by atoms with Crippen LogP contribution in [0.15, 0.2) is 12.3 Å². The van der Waals surface area contributed by atoms with Crippen LogP contribution in [0, 0.1) is 17.2 Å². The van der Waals surface area contributed by atoms with Crippen molar-refractivity contribution in [2.75, 3.05) is 42.9 Å². The molecular weight excluding hydrogens is 238 g/mol. The van der Waals surface area contributed by atoms with Crippen LogP contribution in [0.4, 0.5) is 11.4 Å². The van der Waals surface area contributed by atoms with Crippen LogP contribution in [0.3, 0.4) is 0 Å². The summed E-state index contributed by atoms with van der Waals surface area (Å²) in [5.41, 5.74) is 2.52. The number of rotatable bonds is 4. The van der Waals surface area contributed by atoms with Crippen LogP contribution in [0.1, 0.15) is 18.5 Å². The van der Waals surface area contributed by atoms with E-state index in [0.717, 1.165) is 50.0 Å². The minimum Gasteiger partial charge on any atom is -0.383 e. The zero-order valence-corrected chi connectivity index (χ0v) is 11.0. The van der Waals surface area contributed by atoms with E-state index >= 15 is 0 Å². The molecule has 0 aromatic carbocycles. The van der Waals surface area contributed by atoms with Gasteiger partial charge in [0, 0.05) is 32.7 Å². The first-order valence-electron chi connectivity index (χ1n) is 6.96. The van der Waals surface area contributed by atoms with E-state index in [1.165, 1.54) is 12.8 Å². The van der Waals surface area contributed by atoms with Gasteiger partial charge in [-0.1, -0.05) is 0 Å². The summed E-state index contributed by atoms with van der Waals surface area (Å²) in [4.78, 5) is 6.53. The minimum absolute atomic E-state index is 0.527. The van der Waals surface area contributed by atoms with Gasteiger partial charge in [0.2, 0.25) is 0 Å². The Kier molecular flexibility index (Phi) is 3.51. The molecule has 0 amide bonds. The van der Waals surface area contributed by atoms with Crippen molar-refractivity contribution in [3.63, 3.8) is 0 Å². The summed E-state index contributed by atoms with van der Waals surface area (Å²) in [6.45, 7) is 4.81. The molecule has 2 aliphatic rings. The highest BCUT2D eigenvalue weighted by Crippen LogP contribution is 2.29. The summed E-state index contributed by atoms with van der Waals surface area (Å²) in [6, 6.07) is 4.27. The molecule has 0 unspecified atom stereocenters. The Bertz CT molecular complexity index is 483. The maximum atomic E-state index is 9.19. The van der Waals surface area contributed by atoms with E-state index in [1.54, 1.807) is 6.20 Å². The summed E-state index contributed by atoms with van der Waals surface area (Å²) in [5.74, 6) is 0.832. The largest absolute Gasteiger partial charge is 0.383 e. The monoisotopic (exact) mass is 257 g/mol. The van der Waals surface area contributed by atoms with Gasteiger partial charge in [0.25, 0.3) is 0 Å². The van der Waals surface area contributed by atoms with Crippen molar-refractivity contribution in [1.29, 1.82) is 5.26 Å². The lowest BCUT2D eigenvalue weighted by atomic mass is 10.2. The maximum absolute atomic E-state index is 9.19. The van der Waals surface area contributed by atoms with Gasteiger partial charge in [0.15, 0.2) is 5.69 Å². The van der Waals surface area contributed by atoms with Crippen molar-refractivity contribution >= 4 is 11.4 Å². The molecule has 5 heteroatoms. The number of nitriles is 1. The smallest absolute Gasteiger partial charge is 0.163 e. The number of anilines is 2. The number of nitrogens with zero attached hydrogens (tertiary/aromatic N) is 3. The first-order chi connectivity index (χ1) is 9.36. The molecule has 0 atom stereocenters. The number of nitrogens with one attached hydrogen (secondary N) is 2. The van der Waals surface area contributed by atoms with Crippen LogP contribution >= 0.6 is 0 Å². The molecule has 19 heavy (non-hydrogen) atoms. The first kappa shape index (κ1) is 12.2. The van der Waals surface area contributed by atoms with Gasteiger partial charge in [-0.15, -0.1) is 0 Å². The van der Waals surface area contributed by atoms with Crippen molar-refractivity contribution in [2.45, 2.75) is 12.8 Å². The predicted octanol–water partition coefficient (Wildman–Crippen LogP) is 1.18. The molecule has 0 bridgehead atoms. The highest BCUT2D eigenvalue weighted by molar-refractivity contribution is 5.63. The molecule has 3 rings (SSSR count). The van der Waals surface area contributed by atoms with Crippen molar-refractivity contribution in [3.05, 3.63) is 18.0 Å². The quantitative estimate of drug-likeness (QED) is 0.848. The molecule has 1 saturated heterocycles. The number of hydrogen-bond donors (Lipinski definition) is 2. The van der Waals surface area contributed by atoms with E-state index in [1.807, 2.05) is 0 Å². The number of piperazine rings is 1. The summed E-state index contributed by atoms with van der Waals surface area (Å²) in [7, 11) is 0. The fraction of sp³-hybridized carbons (Fsp3) is 0.571. The third-order valence-corrected chi connectivity index (χ3v) is 3.72. The summed E-state index contributed by atoms with van der Waals surface area (Å²) in [5, 5.41) is 15.9. The number of aromatic nitrogens is 1. The van der Waals surface area contributed by atoms with E-state index in [0.29, 0.717) is 5.69 Å². The second kappa shape index (κ2) is 5.45. The van der Waals surface area contributed by atoms with Gasteiger partial charge in [0.1, 0.15) is 6.07 Å². The number of hydrogen-bond acceptors (Lipinski definition) is 5. The summed E-state index contributed by atoms with van der Waals surface area (Å²) < 4.78 is 0. The SMILES string of the molecule is N#Cc1ncc(NCC2CC2)cc1N1CCNCC1. The third-order valence-electron chi connectivity index (χ3n) is 3.72. The Morgan fingerprint density at radius 2 is 2.21 bits per heavy atom. The van der Waals surface area contributed by atoms with E-state index in [2.05, 4.69) is 32.7 Å². The molecule has 1 aliphatic carbocycles. The zero-order valence-electron chi connectivity index (χ0n) is 11.0. The third kappa shape index (κ3) is 2.96. The normalized spacial score (nSPS) is 19.0. The molecular formula is C14H19N5. The minimum atomic E-state index is 0.527. The van der Waals surface area contributed by atoms with Gasteiger partial charge >= 0.3 is 0 Å². The van der Waals surface area contributed by atoms with Crippen LogP contribution in [-0.4, -0.2) is 37.7 Å². The fourth-order valence-corrected chi connectivity index (χ4v) is 2.37. The molecule has 1 saturated carbocycles. The van der Waals surface area contributed by atoms with Crippen LogP contribution in [0.2, 0.25) is 0 Å². The molecule has 2 N–H and O–H groups in total. The van der Waals surface area contributed by atoms with Gasteiger partial charge < -0.3 is 15.5 Å². The van der Waals surface area contributed by atoms with Gasteiger partial charge in [-0.2, -0.15) is 5.26 Å². The van der Waals surface area contributed by atoms with E-state index < -0.39 is 0 Å². The van der Waals surface area contributed by atoms with E-state index in [4.69, 9.17) is 0 Å². The lowest BCUT2D eigenvalue weighted by Crippen LogP contribution is -2.43. The molecule has 1 aromatic rings. The Labute approximate surface area is 113 Å². The standard InChI is InChI=1S/C14H19N5/c15-8-13-14(19-5-3-16-4-6-19)7-12(10-18-13)17-9-11-1-2-11/h7,10-11,16-17H,1-6,9H2. The maximum Gasteiger partial charge on any atom is 0.163 e. The van der Waals surface area contributed by atoms with Crippen LogP contribution in [0.25, 0.3) is 0 Å². The molecule has 0 radical (unpaired) electrons. The van der Waals surface area contributed by atoms with Crippen LogP contribution < -0.4 is 15.5 Å². The second-order valence-electron chi connectivity index (χ2n) is 5.26. The number of pyridine rings is 1. The Morgan fingerprint density at radius 3 is 2.89 bits per heavy atom. The molecule has 1 aliphatic heterocycles. The molecule has 2 fully saturated rings. The molecule has 0 spiro atoms. The molecule has 5 nitrogen and oxygen atoms in total. The Hall–Kier alpha value is -1.80. The summed E-state index contributed by atoms with van der Waals surface area (Å²) in [6.07, 6.45) is 4.44. The van der Waals surface area contributed by atoms with Gasteiger partial charge in [0.05, 0.1) is 17.6 Å². The first-order valence-corrected chi connectivity index (χ1v) is 6.96. The zero-order chi connectivity index (χ0) is 13.1. The highest BCUT2D eigenvalue weighted by atomic mass is 15.2. The van der Waals surface area contributed by atoms with Crippen molar-refractivity contribution in [2.24, 2.45) is 5.92 Å². The lowest BCUT2D eigenvalue weighted by molar-refractivity contribution is 0.588. The van der Waals surface area contributed by atoms with E-state index in [-0.39, 0.29) is 0 Å². The average molecular weight is 257 g/mol. The van der Waals surface area contributed by atoms with Crippen molar-refractivity contribution < 1.29 is 0 Å². The van der Waals surface area contributed by atoms with Crippen LogP contribution in [-0.2, 0) is 0 Å². The van der Waals surface area contributed by atoms with Gasteiger partial charge in [-0.25, -0.2) is 4.98 Å². The molecule has 1 aromatic heterocycles. The van der Waals surface area contributed by atoms with Crippen LogP contribution in [0.5, 0.6) is 0 Å². The van der Waals surface area contributed by atoms with E-state index in [9.17, 15) is 5.26 Å². The topological polar surface area (TPSA) is 64.0 Å². The van der Waals surface area contributed by atoms with Crippen molar-refractivity contribution in [1.82, 2.24) is 10.3 Å². The highest BCUT2D eigenvalue weighted by Gasteiger charge is 2.21. The van der Waals surface area contributed by atoms with Gasteiger partial charge in [-0.3, -0.25) is 0 Å². The molecule has 100 valence electrons. The average Bonchev–Trinajstić information content (AvgIpc) is 3.30. The predicted molar refractivity (Wildman–Crippen MR) is 75.2 cm³/mol. The van der Waals surface area contributed by atoms with Crippen molar-refractivity contribution in [3.8, 4) is 6.07 Å². The Balaban J connectivity index is 1.77. The molecule has 2 heterocycles. The Morgan fingerprint density at radius 1 is 1.42 bits per heavy atom. The fourth-order valence-electron chi connectivity index (χ4n) is 2.37. The summed E-state index contributed by atoms with van der Waals surface area (Å²) >= 11 is 0. The second-order valence-corrected chi connectivity index (χ2v) is 5.26. The van der Waals surface area contributed by atoms with Gasteiger partial charge in [-0.05, 0) is 24.8 Å². The lowest BCUT2D eigenvalue weighted by Gasteiger charge is -2.30.